The van der Waals surface area contributed by atoms with Gasteiger partial charge in [-0.3, -0.25) is 14.9 Å². The van der Waals surface area contributed by atoms with Crippen molar-refractivity contribution in [2.24, 2.45) is 10.8 Å². The van der Waals surface area contributed by atoms with Crippen molar-refractivity contribution in [3.05, 3.63) is 112 Å². The number of carbonyl (C=O) groups excluding carboxylic acids is 2. The van der Waals surface area contributed by atoms with E-state index < -0.39 is 16.8 Å². The highest BCUT2D eigenvalue weighted by atomic mass is 16.7. The lowest BCUT2D eigenvalue weighted by atomic mass is 9.95. The van der Waals surface area contributed by atoms with Crippen LogP contribution in [-0.2, 0) is 22.7 Å². The number of hydrazone groups is 1. The number of fused-ring (bicyclic) bond motifs is 2. The molecule has 6 rings (SSSR count). The fraction of sp³-hybridized carbons (Fsp3) is 0.129. The molecule has 12 heteroatoms. The Labute approximate surface area is 245 Å². The Hall–Kier alpha value is -5.91. The first-order valence-corrected chi connectivity index (χ1v) is 13.6. The molecule has 0 bridgehead atoms. The summed E-state index contributed by atoms with van der Waals surface area (Å²) in [7, 11) is 0. The number of hydrogen-bond acceptors (Lipinski definition) is 5. The summed E-state index contributed by atoms with van der Waals surface area (Å²) in [5, 5.41) is 19.6. The molecule has 0 aliphatic carbocycles. The smallest absolute Gasteiger partial charge is 0.266 e. The van der Waals surface area contributed by atoms with Crippen LogP contribution in [0.5, 0.6) is 5.75 Å². The Kier molecular flexibility index (Phi) is 7.31. The minimum Gasteiger partial charge on any atom is -0.487 e. The Morgan fingerprint density at radius 3 is 2.47 bits per heavy atom. The van der Waals surface area contributed by atoms with Crippen LogP contribution in [0.1, 0.15) is 23.1 Å². The Morgan fingerprint density at radius 2 is 1.67 bits per heavy atom. The Balaban J connectivity index is 1.44. The van der Waals surface area contributed by atoms with Crippen LogP contribution in [0, 0.1) is 10.1 Å². The van der Waals surface area contributed by atoms with E-state index in [0.29, 0.717) is 48.6 Å². The molecule has 0 saturated heterocycles. The number of nitrogens with one attached hydrogen (secondary N) is 3. The number of guanidine groups is 1. The first kappa shape index (κ1) is 27.3. The van der Waals surface area contributed by atoms with E-state index in [1.807, 2.05) is 83.6 Å². The van der Waals surface area contributed by atoms with E-state index in [9.17, 15) is 19.7 Å². The van der Waals surface area contributed by atoms with Crippen LogP contribution in [0.3, 0.4) is 0 Å². The van der Waals surface area contributed by atoms with Gasteiger partial charge in [0.1, 0.15) is 17.5 Å². The van der Waals surface area contributed by atoms with Crippen molar-refractivity contribution in [3.63, 3.8) is 0 Å². The van der Waals surface area contributed by atoms with Gasteiger partial charge in [-0.15, -0.1) is 0 Å². The molecule has 0 fully saturated rings. The van der Waals surface area contributed by atoms with Crippen molar-refractivity contribution in [2.75, 3.05) is 6.54 Å². The van der Waals surface area contributed by atoms with Crippen molar-refractivity contribution < 1.29 is 19.4 Å². The average Bonchev–Trinajstić information content (AvgIpc) is 3.67. The number of nitro groups is 1. The minimum atomic E-state index is -0.864. The molecule has 1 aliphatic heterocycles. The van der Waals surface area contributed by atoms with E-state index in [4.69, 9.17) is 10.5 Å². The molecule has 0 spiro atoms. The van der Waals surface area contributed by atoms with Crippen LogP contribution in [0.2, 0.25) is 0 Å². The third-order valence-electron chi connectivity index (χ3n) is 7.23. The number of imide groups is 1. The van der Waals surface area contributed by atoms with E-state index in [1.165, 1.54) is 0 Å². The number of aryl methyl sites for hydroxylation is 1. The van der Waals surface area contributed by atoms with E-state index in [2.05, 4.69) is 20.7 Å². The van der Waals surface area contributed by atoms with E-state index >= 15 is 0 Å². The molecular formula is C31H27N7O5. The van der Waals surface area contributed by atoms with Gasteiger partial charge < -0.3 is 25.3 Å². The standard InChI is InChI=1S/C31H27N7O5/c32-31(36-38(41)42)33-14-7-15-37-17-23(21-11-6-13-25(28(21)37)43-18-19-8-2-1-3-9-19)27-26(29(39)35-30(27)40)22-16-34-24-12-5-4-10-20(22)24/h1-6,8-13,16-17,34H,7,14-15,18H2,(H3,32,33,36)(H,35,39,40). The molecule has 0 unspecified atom stereocenters. The second-order valence-corrected chi connectivity index (χ2v) is 9.95. The van der Waals surface area contributed by atoms with Gasteiger partial charge in [-0.05, 0) is 24.1 Å². The van der Waals surface area contributed by atoms with Gasteiger partial charge in [0.15, 0.2) is 5.03 Å². The van der Waals surface area contributed by atoms with Crippen LogP contribution in [0.15, 0.2) is 90.3 Å². The average molecular weight is 578 g/mol. The summed E-state index contributed by atoms with van der Waals surface area (Å²) < 4.78 is 8.24. The second kappa shape index (κ2) is 11.5. The van der Waals surface area contributed by atoms with Gasteiger partial charge in [0, 0.05) is 52.9 Å². The Morgan fingerprint density at radius 1 is 0.953 bits per heavy atom. The van der Waals surface area contributed by atoms with Gasteiger partial charge in [-0.25, -0.2) is 10.1 Å². The molecule has 216 valence electrons. The number of ether oxygens (including phenoxy) is 1. The largest absolute Gasteiger partial charge is 0.487 e. The molecule has 2 aromatic heterocycles. The third-order valence-corrected chi connectivity index (χ3v) is 7.23. The van der Waals surface area contributed by atoms with Crippen LogP contribution >= 0.6 is 0 Å². The highest BCUT2D eigenvalue weighted by Crippen LogP contribution is 2.40. The molecule has 5 N–H and O–H groups in total. The summed E-state index contributed by atoms with van der Waals surface area (Å²) >= 11 is 0. The predicted octanol–water partition coefficient (Wildman–Crippen LogP) is 3.75. The lowest BCUT2D eigenvalue weighted by molar-refractivity contribution is -0.485. The molecule has 0 saturated carbocycles. The van der Waals surface area contributed by atoms with Gasteiger partial charge in [0.05, 0.1) is 16.7 Å². The number of benzene rings is 3. The maximum absolute atomic E-state index is 13.4. The monoisotopic (exact) mass is 577 g/mol. The SMILES string of the molecule is NC(=N[N+](=O)[O-])NCCCn1cc(C2=C(c3c[nH]c4ccccc34)C(=O)NC2=O)c2cccc(OCc3ccccc3)c21. The fourth-order valence-corrected chi connectivity index (χ4v) is 5.39. The molecule has 0 radical (unpaired) electrons. The number of H-pyrrole nitrogens is 1. The summed E-state index contributed by atoms with van der Waals surface area (Å²) in [6.45, 7) is 1.10. The van der Waals surface area contributed by atoms with Crippen LogP contribution in [0.4, 0.5) is 0 Å². The predicted molar refractivity (Wildman–Crippen MR) is 162 cm³/mol. The first-order valence-electron chi connectivity index (χ1n) is 13.6. The summed E-state index contributed by atoms with van der Waals surface area (Å²) in [6.07, 6.45) is 4.11. The number of hydrogen-bond donors (Lipinski definition) is 4. The summed E-state index contributed by atoms with van der Waals surface area (Å²) in [5.41, 5.74) is 9.95. The molecule has 0 atom stereocenters. The van der Waals surface area contributed by atoms with Gasteiger partial charge in [-0.2, -0.15) is 0 Å². The molecular weight excluding hydrogens is 550 g/mol. The molecule has 12 nitrogen and oxygen atoms in total. The molecule has 1 aliphatic rings. The number of carbonyl (C=O) groups is 2. The fourth-order valence-electron chi connectivity index (χ4n) is 5.39. The number of rotatable bonds is 10. The van der Waals surface area contributed by atoms with Crippen molar-refractivity contribution in [3.8, 4) is 5.75 Å². The number of para-hydroxylation sites is 2. The van der Waals surface area contributed by atoms with Crippen LogP contribution < -0.4 is 21.1 Å². The zero-order valence-electron chi connectivity index (χ0n) is 22.9. The number of amides is 2. The summed E-state index contributed by atoms with van der Waals surface area (Å²) in [4.78, 5) is 40.4. The van der Waals surface area contributed by atoms with Crippen LogP contribution in [0.25, 0.3) is 33.0 Å². The zero-order chi connectivity index (χ0) is 29.9. The summed E-state index contributed by atoms with van der Waals surface area (Å²) in [5.74, 6) is -0.629. The van der Waals surface area contributed by atoms with Crippen molar-refractivity contribution in [1.82, 2.24) is 20.2 Å². The normalized spacial score (nSPS) is 13.6. The molecule has 2 amide bonds. The zero-order valence-corrected chi connectivity index (χ0v) is 22.9. The van der Waals surface area contributed by atoms with E-state index in [-0.39, 0.29) is 11.5 Å². The van der Waals surface area contributed by atoms with Gasteiger partial charge >= 0.3 is 0 Å². The number of nitrogens with two attached hydrogens (primary N) is 1. The lowest BCUT2D eigenvalue weighted by Crippen LogP contribution is -2.33. The number of aromatic nitrogens is 2. The number of aromatic amines is 1. The maximum Gasteiger partial charge on any atom is 0.266 e. The first-order chi connectivity index (χ1) is 20.9. The van der Waals surface area contributed by atoms with Gasteiger partial charge in [0.25, 0.3) is 17.8 Å². The van der Waals surface area contributed by atoms with Gasteiger partial charge in [0.2, 0.25) is 0 Å². The molecule has 5 aromatic rings. The van der Waals surface area contributed by atoms with Crippen molar-refractivity contribution in [1.29, 1.82) is 0 Å². The minimum absolute atomic E-state index is 0.277. The third kappa shape index (κ3) is 5.40. The number of nitrogens with zero attached hydrogens (tertiary/aromatic N) is 3. The maximum atomic E-state index is 13.4. The molecule has 3 aromatic carbocycles. The molecule has 43 heavy (non-hydrogen) atoms. The quantitative estimate of drug-likeness (QED) is 0.0489. The van der Waals surface area contributed by atoms with Crippen molar-refractivity contribution >= 4 is 50.7 Å². The highest BCUT2D eigenvalue weighted by molar-refractivity contribution is 6.50. The van der Waals surface area contributed by atoms with Crippen LogP contribution in [-0.4, -0.2) is 38.9 Å². The van der Waals surface area contributed by atoms with Gasteiger partial charge in [-0.1, -0.05) is 60.7 Å². The Bertz CT molecular complexity index is 1940. The molecule has 3 heterocycles. The topological polar surface area (TPSA) is 170 Å². The van der Waals surface area contributed by atoms with E-state index in [1.54, 1.807) is 6.20 Å². The lowest BCUT2D eigenvalue weighted by Gasteiger charge is -2.12. The highest BCUT2D eigenvalue weighted by Gasteiger charge is 2.35. The van der Waals surface area contributed by atoms with E-state index in [0.717, 1.165) is 27.4 Å². The second-order valence-electron chi connectivity index (χ2n) is 9.95. The van der Waals surface area contributed by atoms with Crippen molar-refractivity contribution in [2.45, 2.75) is 19.6 Å². The summed E-state index contributed by atoms with van der Waals surface area (Å²) in [6, 6.07) is 23.0.